The lowest BCUT2D eigenvalue weighted by Gasteiger charge is -2.35. The minimum absolute atomic E-state index is 0.149. The molecule has 0 radical (unpaired) electrons. The molecular formula is C7H10F3IO. The van der Waals surface area contributed by atoms with E-state index >= 15 is 0 Å². The third-order valence-electron chi connectivity index (χ3n) is 2.27. The Morgan fingerprint density at radius 2 is 1.67 bits per heavy atom. The van der Waals surface area contributed by atoms with Gasteiger partial charge in [-0.3, -0.25) is 0 Å². The number of alkyl halides is 4. The van der Waals surface area contributed by atoms with Crippen molar-refractivity contribution in [3.05, 3.63) is 0 Å². The molecule has 0 bridgehead atoms. The molecule has 0 amide bonds. The lowest BCUT2D eigenvalue weighted by molar-refractivity contribution is -0.269. The van der Waals surface area contributed by atoms with E-state index in [2.05, 4.69) is 22.6 Å². The van der Waals surface area contributed by atoms with Gasteiger partial charge in [0.2, 0.25) is 0 Å². The summed E-state index contributed by atoms with van der Waals surface area (Å²) in [5.41, 5.74) is -2.41. The molecule has 0 heterocycles. The third kappa shape index (κ3) is 2.04. The first-order chi connectivity index (χ1) is 5.35. The fourth-order valence-electron chi connectivity index (χ4n) is 1.34. The van der Waals surface area contributed by atoms with Crippen LogP contribution in [-0.4, -0.2) is 20.8 Å². The fraction of sp³-hybridized carbons (Fsp3) is 1.00. The van der Waals surface area contributed by atoms with Crippen LogP contribution >= 0.6 is 22.6 Å². The van der Waals surface area contributed by atoms with Crippen molar-refractivity contribution in [2.45, 2.75) is 41.4 Å². The average Bonchev–Trinajstić information content (AvgIpc) is 1.93. The summed E-state index contributed by atoms with van der Waals surface area (Å²) in [4.78, 5) is 0. The number of aliphatic hydroxyl groups is 1. The predicted octanol–water partition coefficient (Wildman–Crippen LogP) is 2.66. The number of rotatable bonds is 0. The van der Waals surface area contributed by atoms with E-state index in [-0.39, 0.29) is 16.8 Å². The summed E-state index contributed by atoms with van der Waals surface area (Å²) in [6.45, 7) is 0. The van der Waals surface area contributed by atoms with Gasteiger partial charge in [0.05, 0.1) is 0 Å². The Balaban J connectivity index is 2.62. The van der Waals surface area contributed by atoms with Crippen molar-refractivity contribution < 1.29 is 18.3 Å². The van der Waals surface area contributed by atoms with Crippen LogP contribution in [0.5, 0.6) is 0 Å². The highest BCUT2D eigenvalue weighted by molar-refractivity contribution is 14.1. The predicted molar refractivity (Wildman–Crippen MR) is 47.3 cm³/mol. The lowest BCUT2D eigenvalue weighted by Crippen LogP contribution is -2.47. The number of halogens is 4. The second kappa shape index (κ2) is 3.32. The van der Waals surface area contributed by atoms with Crippen LogP contribution in [0.1, 0.15) is 25.7 Å². The van der Waals surface area contributed by atoms with Crippen molar-refractivity contribution in [2.24, 2.45) is 0 Å². The fourth-order valence-corrected chi connectivity index (χ4v) is 1.97. The summed E-state index contributed by atoms with van der Waals surface area (Å²) < 4.78 is 36.9. The highest BCUT2D eigenvalue weighted by Crippen LogP contribution is 2.42. The first kappa shape index (κ1) is 10.6. The maximum atomic E-state index is 12.2. The van der Waals surface area contributed by atoms with Crippen molar-refractivity contribution >= 4 is 22.6 Å². The SMILES string of the molecule is OC1(C(F)(F)F)CCC(I)CC1. The van der Waals surface area contributed by atoms with Crippen LogP contribution in [0.2, 0.25) is 0 Å². The molecule has 1 fully saturated rings. The van der Waals surface area contributed by atoms with Crippen molar-refractivity contribution in [3.63, 3.8) is 0 Å². The lowest BCUT2D eigenvalue weighted by atomic mass is 9.84. The van der Waals surface area contributed by atoms with Crippen LogP contribution in [0.15, 0.2) is 0 Å². The number of hydrogen-bond donors (Lipinski definition) is 1. The molecule has 0 atom stereocenters. The van der Waals surface area contributed by atoms with E-state index in [1.54, 1.807) is 0 Å². The summed E-state index contributed by atoms with van der Waals surface area (Å²) >= 11 is 2.12. The smallest absolute Gasteiger partial charge is 0.380 e. The molecule has 1 aliphatic rings. The molecule has 1 nitrogen and oxygen atoms in total. The van der Waals surface area contributed by atoms with Crippen molar-refractivity contribution in [1.29, 1.82) is 0 Å². The maximum absolute atomic E-state index is 12.2. The van der Waals surface area contributed by atoms with Crippen molar-refractivity contribution in [3.8, 4) is 0 Å². The zero-order chi connectivity index (χ0) is 9.41. The second-order valence-corrected chi connectivity index (χ2v) is 4.97. The molecule has 0 saturated heterocycles. The van der Waals surface area contributed by atoms with Crippen molar-refractivity contribution in [1.82, 2.24) is 0 Å². The molecule has 1 N–H and O–H groups in total. The van der Waals surface area contributed by atoms with Gasteiger partial charge in [0, 0.05) is 3.92 Å². The summed E-state index contributed by atoms with van der Waals surface area (Å²) in [5.74, 6) is 0. The van der Waals surface area contributed by atoms with Crippen LogP contribution in [0.3, 0.4) is 0 Å². The largest absolute Gasteiger partial charge is 0.417 e. The molecule has 72 valence electrons. The van der Waals surface area contributed by atoms with Gasteiger partial charge in [-0.15, -0.1) is 0 Å². The molecule has 1 saturated carbocycles. The Morgan fingerprint density at radius 1 is 1.25 bits per heavy atom. The molecular weight excluding hydrogens is 284 g/mol. The molecule has 0 spiro atoms. The average molecular weight is 294 g/mol. The van der Waals surface area contributed by atoms with Gasteiger partial charge < -0.3 is 5.11 Å². The van der Waals surface area contributed by atoms with E-state index in [1.165, 1.54) is 0 Å². The van der Waals surface area contributed by atoms with Gasteiger partial charge in [0.15, 0.2) is 5.60 Å². The van der Waals surface area contributed by atoms with E-state index in [4.69, 9.17) is 0 Å². The molecule has 1 rings (SSSR count). The molecule has 0 aromatic heterocycles. The van der Waals surface area contributed by atoms with Crippen LogP contribution in [-0.2, 0) is 0 Å². The third-order valence-corrected chi connectivity index (χ3v) is 3.52. The van der Waals surface area contributed by atoms with E-state index in [1.807, 2.05) is 0 Å². The molecule has 0 unspecified atom stereocenters. The molecule has 12 heavy (non-hydrogen) atoms. The van der Waals surface area contributed by atoms with Crippen molar-refractivity contribution in [2.75, 3.05) is 0 Å². The summed E-state index contributed by atoms with van der Waals surface area (Å²) in [7, 11) is 0. The molecule has 0 aliphatic heterocycles. The standard InChI is InChI=1S/C7H10F3IO/c8-7(9,10)6(12)3-1-5(11)2-4-6/h5,12H,1-4H2. The van der Waals surface area contributed by atoms with Gasteiger partial charge in [-0.05, 0) is 25.7 Å². The van der Waals surface area contributed by atoms with Gasteiger partial charge in [-0.1, -0.05) is 22.6 Å². The van der Waals surface area contributed by atoms with Gasteiger partial charge in [-0.2, -0.15) is 13.2 Å². The topological polar surface area (TPSA) is 20.2 Å². The first-order valence-corrected chi connectivity index (χ1v) is 5.03. The summed E-state index contributed by atoms with van der Waals surface area (Å²) in [5, 5.41) is 9.20. The van der Waals surface area contributed by atoms with E-state index in [0.29, 0.717) is 12.8 Å². The minimum atomic E-state index is -4.45. The van der Waals surface area contributed by atoms with E-state index < -0.39 is 11.8 Å². The quantitative estimate of drug-likeness (QED) is 0.538. The van der Waals surface area contributed by atoms with Gasteiger partial charge in [0.25, 0.3) is 0 Å². The Morgan fingerprint density at radius 3 is 2.00 bits per heavy atom. The number of hydrogen-bond acceptors (Lipinski definition) is 1. The van der Waals surface area contributed by atoms with Crippen LogP contribution in [0.25, 0.3) is 0 Å². The molecule has 5 heteroatoms. The first-order valence-electron chi connectivity index (χ1n) is 3.78. The van der Waals surface area contributed by atoms with E-state index in [0.717, 1.165) is 0 Å². The van der Waals surface area contributed by atoms with E-state index in [9.17, 15) is 18.3 Å². The zero-order valence-electron chi connectivity index (χ0n) is 6.36. The summed E-state index contributed by atoms with van der Waals surface area (Å²) in [6.07, 6.45) is -3.84. The Bertz CT molecular complexity index is 161. The van der Waals surface area contributed by atoms with Crippen LogP contribution < -0.4 is 0 Å². The second-order valence-electron chi connectivity index (χ2n) is 3.20. The summed E-state index contributed by atoms with van der Waals surface area (Å²) in [6, 6.07) is 0. The van der Waals surface area contributed by atoms with Gasteiger partial charge >= 0.3 is 6.18 Å². The highest BCUT2D eigenvalue weighted by Gasteiger charge is 2.54. The van der Waals surface area contributed by atoms with Gasteiger partial charge in [0.1, 0.15) is 0 Å². The van der Waals surface area contributed by atoms with Gasteiger partial charge in [-0.25, -0.2) is 0 Å². The normalized spacial score (nSPS) is 38.2. The molecule has 0 aromatic rings. The molecule has 1 aliphatic carbocycles. The van der Waals surface area contributed by atoms with Crippen LogP contribution in [0, 0.1) is 0 Å². The monoisotopic (exact) mass is 294 g/mol. The zero-order valence-corrected chi connectivity index (χ0v) is 8.52. The Kier molecular flexibility index (Phi) is 2.92. The minimum Gasteiger partial charge on any atom is -0.380 e. The molecule has 0 aromatic carbocycles. The Hall–Kier alpha value is 0.480. The Labute approximate surface area is 82.5 Å². The highest BCUT2D eigenvalue weighted by atomic mass is 127. The maximum Gasteiger partial charge on any atom is 0.417 e. The van der Waals surface area contributed by atoms with Crippen LogP contribution in [0.4, 0.5) is 13.2 Å².